The molecule has 0 radical (unpaired) electrons. The molecule has 5 N–H and O–H groups in total. The molecule has 6 aromatic rings. The maximum atomic E-state index is 14.5. The number of sulfone groups is 1. The largest absolute Gasteiger partial charge is 0.501 e. The lowest BCUT2D eigenvalue weighted by Gasteiger charge is -2.46. The Balaban J connectivity index is 0.579. The van der Waals surface area contributed by atoms with E-state index in [4.69, 9.17) is 16.3 Å². The van der Waals surface area contributed by atoms with Crippen LogP contribution in [-0.4, -0.2) is 233 Å². The van der Waals surface area contributed by atoms with Crippen molar-refractivity contribution in [1.29, 1.82) is 0 Å². The van der Waals surface area contributed by atoms with E-state index in [9.17, 15) is 59.1 Å². The Morgan fingerprint density at radius 1 is 0.778 bits per heavy atom. The Kier molecular flexibility index (Phi) is 29.9. The van der Waals surface area contributed by atoms with Crippen LogP contribution in [0.1, 0.15) is 151 Å². The van der Waals surface area contributed by atoms with Gasteiger partial charge in [-0.3, -0.25) is 28.9 Å². The lowest BCUT2D eigenvalue weighted by atomic mass is 9.66. The molecule has 5 aliphatic heterocycles. The third kappa shape index (κ3) is 23.4. The maximum absolute atomic E-state index is 14.5. The quantitative estimate of drug-likeness (QED) is 0.0207. The van der Waals surface area contributed by atoms with Crippen molar-refractivity contribution in [3.8, 4) is 10.4 Å². The molecule has 117 heavy (non-hydrogen) atoms. The van der Waals surface area contributed by atoms with Crippen LogP contribution < -0.4 is 25.6 Å². The van der Waals surface area contributed by atoms with Gasteiger partial charge in [-0.25, -0.2) is 36.6 Å². The predicted molar refractivity (Wildman–Crippen MR) is 453 cm³/mol. The van der Waals surface area contributed by atoms with Crippen LogP contribution in [0.4, 0.5) is 24.5 Å². The smallest absolute Gasteiger partial charge is 0.391 e. The lowest BCUT2D eigenvalue weighted by Crippen LogP contribution is -2.57. The summed E-state index contributed by atoms with van der Waals surface area (Å²) in [5.74, 6) is -1.19. The fourth-order valence-electron chi connectivity index (χ4n) is 17.1. The zero-order valence-electron chi connectivity index (χ0n) is 67.8. The first-order valence-corrected chi connectivity index (χ1v) is 46.1. The number of hydrogen-bond donors (Lipinski definition) is 5. The van der Waals surface area contributed by atoms with Crippen molar-refractivity contribution in [2.45, 2.75) is 175 Å². The number of allylic oxidation sites excluding steroid dienone is 1. The number of ether oxygens (including phenoxy) is 1. The van der Waals surface area contributed by atoms with Crippen molar-refractivity contribution in [2.75, 3.05) is 127 Å². The third-order valence-electron chi connectivity index (χ3n) is 23.8. The maximum Gasteiger partial charge on any atom is 0.501 e. The number of unbranched alkanes of at least 4 members (excludes halogenated alkanes) is 1. The van der Waals surface area contributed by atoms with E-state index in [1.165, 1.54) is 45.5 Å². The number of amides is 5. The van der Waals surface area contributed by atoms with Crippen molar-refractivity contribution in [3.05, 3.63) is 160 Å². The van der Waals surface area contributed by atoms with Gasteiger partial charge in [-0.15, -0.1) is 23.1 Å². The van der Waals surface area contributed by atoms with Crippen LogP contribution in [0.5, 0.6) is 0 Å². The van der Waals surface area contributed by atoms with Crippen molar-refractivity contribution >= 4 is 101 Å². The van der Waals surface area contributed by atoms with Crippen molar-refractivity contribution in [1.82, 2.24) is 50.0 Å². The lowest BCUT2D eigenvalue weighted by molar-refractivity contribution is -0.144. The van der Waals surface area contributed by atoms with E-state index >= 15 is 0 Å². The number of aryl methyl sites for hydroxylation is 1. The molecule has 5 amide bonds. The first kappa shape index (κ1) is 88.8. The second-order valence-corrected chi connectivity index (χ2v) is 39.5. The molecule has 1 aliphatic carbocycles. The van der Waals surface area contributed by atoms with Gasteiger partial charge in [0.25, 0.3) is 25.8 Å². The number of nitrogens with one attached hydrogen (secondary N) is 4. The van der Waals surface area contributed by atoms with Gasteiger partial charge < -0.3 is 45.4 Å². The fourth-order valence-corrected chi connectivity index (χ4v) is 21.0. The number of nitrogens with zero attached hydrogens (tertiary/aromatic N) is 8. The molecule has 5 fully saturated rings. The molecular weight excluding hydrogens is 1600 g/mol. The number of piperidine rings is 1. The highest BCUT2D eigenvalue weighted by atomic mass is 35.5. The first-order chi connectivity index (χ1) is 55.8. The molecule has 0 saturated carbocycles. The number of halogens is 4. The number of hydrogen-bond acceptors (Lipinski definition) is 20. The number of piperazine rings is 2. The number of anilines is 2. The van der Waals surface area contributed by atoms with E-state index in [0.717, 1.165) is 142 Å². The van der Waals surface area contributed by atoms with Crippen molar-refractivity contribution in [3.63, 3.8) is 0 Å². The Bertz CT molecular complexity index is 4670. The van der Waals surface area contributed by atoms with Crippen LogP contribution in [-0.2, 0) is 43.8 Å². The normalized spacial score (nSPS) is 21.0. The molecule has 0 unspecified atom stereocenters. The van der Waals surface area contributed by atoms with E-state index in [2.05, 4.69) is 64.7 Å². The molecule has 5 saturated heterocycles. The fraction of sp³-hybridized carbons (Fsp3) is 0.535. The second-order valence-electron chi connectivity index (χ2n) is 33.5. The number of sulfonamides is 1. The number of rotatable bonds is 30. The number of aliphatic hydroxyl groups is 1. The number of alkyl halides is 3. The van der Waals surface area contributed by atoms with Crippen LogP contribution in [0.2, 0.25) is 5.02 Å². The van der Waals surface area contributed by atoms with E-state index in [-0.39, 0.29) is 54.1 Å². The summed E-state index contributed by atoms with van der Waals surface area (Å²) in [5, 5.41) is 25.4. The summed E-state index contributed by atoms with van der Waals surface area (Å²) in [6.45, 7) is 23.3. The molecule has 23 nitrogen and oxygen atoms in total. The Morgan fingerprint density at radius 3 is 2.14 bits per heavy atom. The molecule has 5 aromatic carbocycles. The molecule has 6 heterocycles. The number of carbonyl (C=O) groups is 5. The summed E-state index contributed by atoms with van der Waals surface area (Å²) in [6.07, 6.45) is 8.09. The van der Waals surface area contributed by atoms with Gasteiger partial charge in [0.2, 0.25) is 23.6 Å². The molecule has 31 heteroatoms. The number of thioether (sulfide) groups is 1. The van der Waals surface area contributed by atoms with Crippen molar-refractivity contribution < 1.29 is 63.8 Å². The van der Waals surface area contributed by atoms with Gasteiger partial charge in [0.05, 0.1) is 45.4 Å². The number of aliphatic hydroxyl groups excluding tert-OH is 1. The highest BCUT2D eigenvalue weighted by molar-refractivity contribution is 7.99. The molecule has 1 aromatic heterocycles. The van der Waals surface area contributed by atoms with E-state index in [1.54, 1.807) is 23.5 Å². The number of β-amino-alcohol motifs (C(OH)–C–C–N with tert-alkyl or cyclic N) is 1. The standard InChI is InChI=1S/C86H112ClF3N12O11S4/c1-59(62-17-19-64(20-18-62)79-60(2)91-58-115-79)92-82(107)75-51-70(103)56-102(75)83(108)80(84(3,4)5)94-77(104)15-10-11-16-78(105)99-44-46-101(47-45-99)100-38-32-61(33-39-100)53-85(6)35-31-73(63-21-25-67(87)26-22-63)66(54-85)55-97-40-42-98(43-41-97)69-27-23-65(24-28-69)81(106)95-117(111,112)72-29-30-74(76(52-72)116(109,110)86(88,89)90)93-68(57-114-71-13-8-7-9-14-71)34-37-96-36-12-49-113-50-48-96/h7-9,13-14,17-30,52,58-59,61,68,70,75,80,93,103H,10-12,15-16,31-51,53-57H2,1-6H3,(H,92,107)(H,94,104)(H,95,106)/t59-,68+,70+,75-,80+,85+/m0/s1. The molecule has 6 atom stereocenters. The summed E-state index contributed by atoms with van der Waals surface area (Å²) < 4.78 is 105. The molecule has 0 bridgehead atoms. The zero-order chi connectivity index (χ0) is 83.4. The average molecular weight is 1710 g/mol. The minimum absolute atomic E-state index is 0.0282. The number of likely N-dealkylation sites (tertiary alicyclic amines) is 1. The highest BCUT2D eigenvalue weighted by Crippen LogP contribution is 2.49. The Labute approximate surface area is 700 Å². The predicted octanol–water partition coefficient (Wildman–Crippen LogP) is 12.7. The molecule has 12 rings (SSSR count). The van der Waals surface area contributed by atoms with Gasteiger partial charge in [0, 0.05) is 157 Å². The Morgan fingerprint density at radius 2 is 1.46 bits per heavy atom. The minimum Gasteiger partial charge on any atom is -0.391 e. The van der Waals surface area contributed by atoms with Gasteiger partial charge in [-0.2, -0.15) is 13.2 Å². The first-order valence-electron chi connectivity index (χ1n) is 40.9. The number of carbonyl (C=O) groups excluding carboxylic acids is 5. The molecular formula is C86H112ClF3N12O11S4. The van der Waals surface area contributed by atoms with Gasteiger partial charge in [-0.05, 0) is 184 Å². The van der Waals surface area contributed by atoms with E-state index in [1.807, 2.05) is 116 Å². The van der Waals surface area contributed by atoms with Crippen LogP contribution in [0.25, 0.3) is 16.0 Å². The van der Waals surface area contributed by atoms with Crippen LogP contribution in [0.15, 0.2) is 147 Å². The average Bonchev–Trinajstić information content (AvgIpc) is 1.36. The summed E-state index contributed by atoms with van der Waals surface area (Å²) in [7, 11) is -11.0. The molecule has 0 spiro atoms. The van der Waals surface area contributed by atoms with E-state index in [0.29, 0.717) is 101 Å². The number of benzene rings is 5. The van der Waals surface area contributed by atoms with Crippen LogP contribution in [0, 0.1) is 23.7 Å². The van der Waals surface area contributed by atoms with Gasteiger partial charge >= 0.3 is 5.51 Å². The van der Waals surface area contributed by atoms with Crippen LogP contribution in [0.3, 0.4) is 0 Å². The zero-order valence-corrected chi connectivity index (χ0v) is 71.8. The summed E-state index contributed by atoms with van der Waals surface area (Å²) in [4.78, 5) is 83.5. The third-order valence-corrected chi connectivity index (χ3v) is 29.0. The molecule has 6 aliphatic rings. The van der Waals surface area contributed by atoms with Gasteiger partial charge in [-0.1, -0.05) is 99.5 Å². The summed E-state index contributed by atoms with van der Waals surface area (Å²) >= 11 is 9.44. The SMILES string of the molecule is Cc1ncsc1-c1ccc([C@H](C)NC(=O)[C@@H]2C[C@@H](O)CN2C(=O)[C@@H](NC(=O)CCCCC(=O)N2CCN(N3CCC(C[C@@]4(C)CCC(c5ccc(Cl)cc5)=C(CN5CCN(c6ccc(C(=O)NS(=O)(=O)c7ccc(N[C@H](CCN8CCCOCC8)CSc8ccccc8)c(S(=O)(=O)C(F)(F)F)c7)cc6)CC5)C4)CC3)CC2)C(C)(C)C)cc1. The van der Waals surface area contributed by atoms with Crippen LogP contribution >= 0.6 is 34.7 Å². The second kappa shape index (κ2) is 39.4. The number of aromatic nitrogens is 1. The van der Waals surface area contributed by atoms with Gasteiger partial charge in [0.1, 0.15) is 17.0 Å². The van der Waals surface area contributed by atoms with Gasteiger partial charge in [0.15, 0.2) is 0 Å². The highest BCUT2D eigenvalue weighted by Gasteiger charge is 2.49. The summed E-state index contributed by atoms with van der Waals surface area (Å²) in [5.41, 5.74) is 2.65. The Hall–Kier alpha value is -7.49. The number of hydrazine groups is 1. The monoisotopic (exact) mass is 1710 g/mol. The number of thiazole rings is 1. The topological polar surface area (TPSA) is 267 Å². The molecule has 634 valence electrons. The van der Waals surface area contributed by atoms with E-state index < -0.39 is 82.3 Å². The van der Waals surface area contributed by atoms with Crippen molar-refractivity contribution in [2.24, 2.45) is 16.7 Å². The minimum atomic E-state index is -6.11. The summed E-state index contributed by atoms with van der Waals surface area (Å²) in [6, 6.07) is 31.5.